The molecule has 74 valence electrons. The Morgan fingerprint density at radius 2 is 2.29 bits per heavy atom. The summed E-state index contributed by atoms with van der Waals surface area (Å²) in [5, 5.41) is 11.7. The maximum absolute atomic E-state index is 4.24. The number of nitrogens with zero attached hydrogens (tertiary/aromatic N) is 1. The van der Waals surface area contributed by atoms with Crippen LogP contribution in [0.2, 0.25) is 0 Å². The van der Waals surface area contributed by atoms with Crippen molar-refractivity contribution < 1.29 is 0 Å². The van der Waals surface area contributed by atoms with E-state index < -0.39 is 0 Å². The first kappa shape index (κ1) is 9.68. The van der Waals surface area contributed by atoms with Crippen LogP contribution in [0.5, 0.6) is 0 Å². The number of rotatable bonds is 2. The SMILES string of the molecule is CNC(C)c1[nH]nc2ccc(Br)cc12. The van der Waals surface area contributed by atoms with E-state index in [4.69, 9.17) is 0 Å². The summed E-state index contributed by atoms with van der Waals surface area (Å²) in [6.45, 7) is 2.11. The van der Waals surface area contributed by atoms with Gasteiger partial charge in [0, 0.05) is 15.9 Å². The van der Waals surface area contributed by atoms with Gasteiger partial charge in [-0.2, -0.15) is 5.10 Å². The molecule has 2 rings (SSSR count). The molecule has 0 aliphatic heterocycles. The van der Waals surface area contributed by atoms with E-state index in [1.807, 2.05) is 19.2 Å². The quantitative estimate of drug-likeness (QED) is 0.864. The number of aromatic amines is 1. The molecule has 0 aliphatic rings. The van der Waals surface area contributed by atoms with Gasteiger partial charge in [-0.3, -0.25) is 5.10 Å². The zero-order valence-electron chi connectivity index (χ0n) is 8.13. The van der Waals surface area contributed by atoms with Crippen LogP contribution in [0.25, 0.3) is 10.9 Å². The minimum Gasteiger partial charge on any atom is -0.312 e. The molecule has 3 nitrogen and oxygen atoms in total. The standard InChI is InChI=1S/C10H12BrN3/c1-6(12-2)10-8-5-7(11)3-4-9(8)13-14-10/h3-6,12H,1-2H3,(H,13,14). The molecule has 0 radical (unpaired) electrons. The van der Waals surface area contributed by atoms with E-state index >= 15 is 0 Å². The largest absolute Gasteiger partial charge is 0.312 e. The summed E-state index contributed by atoms with van der Waals surface area (Å²) < 4.78 is 1.08. The van der Waals surface area contributed by atoms with Crippen molar-refractivity contribution in [3.8, 4) is 0 Å². The minimum absolute atomic E-state index is 0.286. The first-order valence-electron chi connectivity index (χ1n) is 4.53. The van der Waals surface area contributed by atoms with Gasteiger partial charge in [0.15, 0.2) is 0 Å². The number of H-pyrrole nitrogens is 1. The lowest BCUT2D eigenvalue weighted by Crippen LogP contribution is -2.12. The Kier molecular flexibility index (Phi) is 2.56. The molecule has 1 heterocycles. The van der Waals surface area contributed by atoms with E-state index in [2.05, 4.69) is 44.4 Å². The molecule has 0 fully saturated rings. The number of aromatic nitrogens is 2. The van der Waals surface area contributed by atoms with Crippen LogP contribution in [-0.2, 0) is 0 Å². The Morgan fingerprint density at radius 3 is 3.00 bits per heavy atom. The van der Waals surface area contributed by atoms with E-state index in [-0.39, 0.29) is 6.04 Å². The predicted octanol–water partition coefficient (Wildman–Crippen LogP) is 2.61. The van der Waals surface area contributed by atoms with Crippen LogP contribution in [0.15, 0.2) is 22.7 Å². The average Bonchev–Trinajstić information content (AvgIpc) is 2.59. The number of hydrogen-bond donors (Lipinski definition) is 2. The highest BCUT2D eigenvalue weighted by Gasteiger charge is 2.10. The van der Waals surface area contributed by atoms with Gasteiger partial charge in [0.25, 0.3) is 0 Å². The van der Waals surface area contributed by atoms with Crippen molar-refractivity contribution in [1.82, 2.24) is 15.5 Å². The second-order valence-corrected chi connectivity index (χ2v) is 4.22. The van der Waals surface area contributed by atoms with Crippen LogP contribution in [-0.4, -0.2) is 17.2 Å². The molecular weight excluding hydrogens is 242 g/mol. The lowest BCUT2D eigenvalue weighted by molar-refractivity contribution is 0.634. The zero-order valence-corrected chi connectivity index (χ0v) is 9.72. The van der Waals surface area contributed by atoms with Crippen LogP contribution in [0.3, 0.4) is 0 Å². The van der Waals surface area contributed by atoms with E-state index in [0.717, 1.165) is 15.7 Å². The fourth-order valence-corrected chi connectivity index (χ4v) is 1.84. The number of fused-ring (bicyclic) bond motifs is 1. The molecule has 1 aromatic heterocycles. The van der Waals surface area contributed by atoms with Gasteiger partial charge in [-0.25, -0.2) is 0 Å². The normalized spacial score (nSPS) is 13.4. The van der Waals surface area contributed by atoms with Crippen molar-refractivity contribution in [2.75, 3.05) is 7.05 Å². The second-order valence-electron chi connectivity index (χ2n) is 3.31. The Balaban J connectivity index is 2.61. The predicted molar refractivity (Wildman–Crippen MR) is 61.3 cm³/mol. The maximum Gasteiger partial charge on any atom is 0.0925 e. The average molecular weight is 254 g/mol. The summed E-state index contributed by atoms with van der Waals surface area (Å²) in [5.74, 6) is 0. The molecular formula is C10H12BrN3. The molecule has 0 amide bonds. The monoisotopic (exact) mass is 253 g/mol. The summed E-state index contributed by atoms with van der Waals surface area (Å²) in [6, 6.07) is 6.37. The Hall–Kier alpha value is -0.870. The summed E-state index contributed by atoms with van der Waals surface area (Å²) in [6.07, 6.45) is 0. The van der Waals surface area contributed by atoms with Gasteiger partial charge < -0.3 is 5.32 Å². The van der Waals surface area contributed by atoms with Gasteiger partial charge in [-0.1, -0.05) is 15.9 Å². The van der Waals surface area contributed by atoms with Crippen LogP contribution >= 0.6 is 15.9 Å². The lowest BCUT2D eigenvalue weighted by atomic mass is 10.1. The summed E-state index contributed by atoms with van der Waals surface area (Å²) >= 11 is 3.46. The highest BCUT2D eigenvalue weighted by molar-refractivity contribution is 9.10. The molecule has 14 heavy (non-hydrogen) atoms. The van der Waals surface area contributed by atoms with Crippen LogP contribution in [0.1, 0.15) is 18.7 Å². The van der Waals surface area contributed by atoms with Crippen molar-refractivity contribution in [1.29, 1.82) is 0 Å². The Bertz CT molecular complexity index is 450. The molecule has 2 N–H and O–H groups in total. The topological polar surface area (TPSA) is 40.7 Å². The molecule has 1 atom stereocenters. The first-order chi connectivity index (χ1) is 6.72. The van der Waals surface area contributed by atoms with E-state index in [9.17, 15) is 0 Å². The molecule has 0 saturated heterocycles. The number of benzene rings is 1. The first-order valence-corrected chi connectivity index (χ1v) is 5.32. The van der Waals surface area contributed by atoms with Gasteiger partial charge in [0.05, 0.1) is 11.2 Å². The fourth-order valence-electron chi connectivity index (χ4n) is 1.48. The number of hydrogen-bond acceptors (Lipinski definition) is 2. The summed E-state index contributed by atoms with van der Waals surface area (Å²) in [5.41, 5.74) is 2.13. The third-order valence-corrected chi connectivity index (χ3v) is 2.90. The van der Waals surface area contributed by atoms with Crippen LogP contribution < -0.4 is 5.32 Å². The maximum atomic E-state index is 4.24. The van der Waals surface area contributed by atoms with Crippen molar-refractivity contribution in [3.05, 3.63) is 28.4 Å². The van der Waals surface area contributed by atoms with Crippen molar-refractivity contribution >= 4 is 26.8 Å². The molecule has 1 unspecified atom stereocenters. The molecule has 2 aromatic rings. The van der Waals surface area contributed by atoms with Gasteiger partial charge in [0.2, 0.25) is 0 Å². The van der Waals surface area contributed by atoms with Gasteiger partial charge in [-0.15, -0.1) is 0 Å². The van der Waals surface area contributed by atoms with Crippen molar-refractivity contribution in [2.24, 2.45) is 0 Å². The lowest BCUT2D eigenvalue weighted by Gasteiger charge is -2.07. The molecule has 1 aromatic carbocycles. The van der Waals surface area contributed by atoms with E-state index in [1.165, 1.54) is 5.39 Å². The smallest absolute Gasteiger partial charge is 0.0925 e. The number of halogens is 1. The van der Waals surface area contributed by atoms with Crippen molar-refractivity contribution in [3.63, 3.8) is 0 Å². The zero-order chi connectivity index (χ0) is 10.1. The minimum atomic E-state index is 0.286. The molecule has 0 spiro atoms. The van der Waals surface area contributed by atoms with Crippen LogP contribution in [0.4, 0.5) is 0 Å². The highest BCUT2D eigenvalue weighted by atomic mass is 79.9. The molecule has 0 aliphatic carbocycles. The molecule has 4 heteroatoms. The summed E-state index contributed by atoms with van der Waals surface area (Å²) in [4.78, 5) is 0. The highest BCUT2D eigenvalue weighted by Crippen LogP contribution is 2.24. The Labute approximate surface area is 91.0 Å². The molecule has 0 bridgehead atoms. The van der Waals surface area contributed by atoms with E-state index in [1.54, 1.807) is 0 Å². The fraction of sp³-hybridized carbons (Fsp3) is 0.300. The van der Waals surface area contributed by atoms with Gasteiger partial charge in [0.1, 0.15) is 0 Å². The Morgan fingerprint density at radius 1 is 1.50 bits per heavy atom. The second kappa shape index (κ2) is 3.71. The number of nitrogens with one attached hydrogen (secondary N) is 2. The van der Waals surface area contributed by atoms with E-state index in [0.29, 0.717) is 0 Å². The third kappa shape index (κ3) is 1.55. The van der Waals surface area contributed by atoms with Gasteiger partial charge in [-0.05, 0) is 32.2 Å². The van der Waals surface area contributed by atoms with Crippen molar-refractivity contribution in [2.45, 2.75) is 13.0 Å². The van der Waals surface area contributed by atoms with Crippen LogP contribution in [0, 0.1) is 0 Å². The molecule has 0 saturated carbocycles. The summed E-state index contributed by atoms with van der Waals surface area (Å²) in [7, 11) is 1.94. The third-order valence-electron chi connectivity index (χ3n) is 2.41. The van der Waals surface area contributed by atoms with Gasteiger partial charge >= 0.3 is 0 Å².